The molecule has 5 heteroatoms. The molecule has 2 aromatic rings. The SMILES string of the molecule is Cc1cc(C(=O)NC(C)CO)c2ccc(Br)cc2n1. The zero-order chi connectivity index (χ0) is 14.0. The molecule has 0 saturated carbocycles. The monoisotopic (exact) mass is 322 g/mol. The number of fused-ring (bicyclic) bond motifs is 1. The summed E-state index contributed by atoms with van der Waals surface area (Å²) in [6, 6.07) is 7.12. The standard InChI is InChI=1S/C14H15BrN2O2/c1-8-5-12(14(19)17-9(2)7-18)11-4-3-10(15)6-13(11)16-8/h3-6,9,18H,7H2,1-2H3,(H,17,19). The number of carbonyl (C=O) groups is 1. The predicted octanol–water partition coefficient (Wildman–Crippen LogP) is 2.42. The lowest BCUT2D eigenvalue weighted by Crippen LogP contribution is -2.35. The maximum Gasteiger partial charge on any atom is 0.252 e. The topological polar surface area (TPSA) is 62.2 Å². The second-order valence-corrected chi connectivity index (χ2v) is 5.45. The van der Waals surface area contributed by atoms with Crippen LogP contribution in [0.2, 0.25) is 0 Å². The van der Waals surface area contributed by atoms with Crippen molar-refractivity contribution in [3.05, 3.63) is 40.0 Å². The third kappa shape index (κ3) is 3.11. The van der Waals surface area contributed by atoms with Gasteiger partial charge in [-0.15, -0.1) is 0 Å². The minimum absolute atomic E-state index is 0.0840. The number of hydrogen-bond donors (Lipinski definition) is 2. The first-order chi connectivity index (χ1) is 9.01. The zero-order valence-electron chi connectivity index (χ0n) is 10.8. The Balaban J connectivity index is 2.50. The second kappa shape index (κ2) is 5.67. The van der Waals surface area contributed by atoms with Gasteiger partial charge in [0.15, 0.2) is 0 Å². The van der Waals surface area contributed by atoms with Gasteiger partial charge in [-0.2, -0.15) is 0 Å². The summed E-state index contributed by atoms with van der Waals surface area (Å²) in [7, 11) is 0. The van der Waals surface area contributed by atoms with Crippen LogP contribution < -0.4 is 5.32 Å². The summed E-state index contributed by atoms with van der Waals surface area (Å²) in [5, 5.41) is 12.6. The number of pyridine rings is 1. The highest BCUT2D eigenvalue weighted by molar-refractivity contribution is 9.10. The Labute approximate surface area is 120 Å². The van der Waals surface area contributed by atoms with Crippen LogP contribution in [0.1, 0.15) is 23.0 Å². The number of amides is 1. The first-order valence-electron chi connectivity index (χ1n) is 6.00. The Morgan fingerprint density at radius 1 is 1.47 bits per heavy atom. The van der Waals surface area contributed by atoms with E-state index in [9.17, 15) is 4.79 Å². The molecule has 0 spiro atoms. The maximum atomic E-state index is 12.2. The molecule has 0 aliphatic heterocycles. The lowest BCUT2D eigenvalue weighted by Gasteiger charge is -2.13. The molecule has 0 aliphatic rings. The Bertz CT molecular complexity index is 623. The van der Waals surface area contributed by atoms with Gasteiger partial charge >= 0.3 is 0 Å². The molecule has 0 radical (unpaired) electrons. The largest absolute Gasteiger partial charge is 0.394 e. The van der Waals surface area contributed by atoms with Crippen molar-refractivity contribution in [2.75, 3.05) is 6.61 Å². The van der Waals surface area contributed by atoms with Crippen molar-refractivity contribution in [2.24, 2.45) is 0 Å². The van der Waals surface area contributed by atoms with Gasteiger partial charge in [0.25, 0.3) is 5.91 Å². The zero-order valence-corrected chi connectivity index (χ0v) is 12.4. The van der Waals surface area contributed by atoms with Gasteiger partial charge in [0.1, 0.15) is 0 Å². The second-order valence-electron chi connectivity index (χ2n) is 4.53. The number of hydrogen-bond acceptors (Lipinski definition) is 3. The first kappa shape index (κ1) is 14.0. The van der Waals surface area contributed by atoms with Gasteiger partial charge in [-0.25, -0.2) is 0 Å². The summed E-state index contributed by atoms with van der Waals surface area (Å²) in [5.41, 5.74) is 2.14. The molecule has 2 rings (SSSR count). The molecule has 0 bridgehead atoms. The van der Waals surface area contributed by atoms with Gasteiger partial charge in [-0.1, -0.05) is 22.0 Å². The predicted molar refractivity (Wildman–Crippen MR) is 78.2 cm³/mol. The van der Waals surface area contributed by atoms with Gasteiger partial charge < -0.3 is 10.4 Å². The number of aromatic nitrogens is 1. The van der Waals surface area contributed by atoms with E-state index in [1.807, 2.05) is 25.1 Å². The molecule has 1 heterocycles. The molecule has 0 saturated heterocycles. The highest BCUT2D eigenvalue weighted by Gasteiger charge is 2.14. The smallest absolute Gasteiger partial charge is 0.252 e. The molecule has 1 aromatic carbocycles. The summed E-state index contributed by atoms with van der Waals surface area (Å²) in [4.78, 5) is 16.6. The lowest BCUT2D eigenvalue weighted by atomic mass is 10.1. The summed E-state index contributed by atoms with van der Waals surface area (Å²) < 4.78 is 0.924. The van der Waals surface area contributed by atoms with E-state index in [-0.39, 0.29) is 18.6 Å². The molecule has 2 N–H and O–H groups in total. The normalized spacial score (nSPS) is 12.4. The molecule has 19 heavy (non-hydrogen) atoms. The highest BCUT2D eigenvalue weighted by atomic mass is 79.9. The van der Waals surface area contributed by atoms with Gasteiger partial charge in [-0.3, -0.25) is 9.78 Å². The van der Waals surface area contributed by atoms with Gasteiger partial charge in [0.2, 0.25) is 0 Å². The van der Waals surface area contributed by atoms with Crippen molar-refractivity contribution in [3.63, 3.8) is 0 Å². The number of halogens is 1. The van der Waals surface area contributed by atoms with Crippen LogP contribution in [0.5, 0.6) is 0 Å². The quantitative estimate of drug-likeness (QED) is 0.912. The molecule has 1 aromatic heterocycles. The third-order valence-corrected chi connectivity index (χ3v) is 3.29. The molecule has 0 aliphatic carbocycles. The van der Waals surface area contributed by atoms with Gasteiger partial charge in [0, 0.05) is 21.6 Å². The van der Waals surface area contributed by atoms with Crippen LogP contribution in [0.4, 0.5) is 0 Å². The minimum atomic E-state index is -0.272. The van der Waals surface area contributed by atoms with Crippen LogP contribution in [0.3, 0.4) is 0 Å². The van der Waals surface area contributed by atoms with Crippen LogP contribution in [0.15, 0.2) is 28.7 Å². The third-order valence-electron chi connectivity index (χ3n) is 2.80. The number of aliphatic hydroxyl groups excluding tert-OH is 1. The van der Waals surface area contributed by atoms with Gasteiger partial charge in [0.05, 0.1) is 17.7 Å². The van der Waals surface area contributed by atoms with E-state index in [0.29, 0.717) is 5.56 Å². The van der Waals surface area contributed by atoms with Crippen LogP contribution in [0.25, 0.3) is 10.9 Å². The van der Waals surface area contributed by atoms with Gasteiger partial charge in [-0.05, 0) is 32.0 Å². The van der Waals surface area contributed by atoms with Crippen LogP contribution in [0, 0.1) is 6.92 Å². The highest BCUT2D eigenvalue weighted by Crippen LogP contribution is 2.22. The fourth-order valence-electron chi connectivity index (χ4n) is 1.87. The van der Waals surface area contributed by atoms with Crippen LogP contribution in [-0.4, -0.2) is 28.6 Å². The van der Waals surface area contributed by atoms with Crippen molar-refractivity contribution in [1.29, 1.82) is 0 Å². The molecule has 1 atom stereocenters. The van der Waals surface area contributed by atoms with E-state index < -0.39 is 0 Å². The fourth-order valence-corrected chi connectivity index (χ4v) is 2.22. The fraction of sp³-hybridized carbons (Fsp3) is 0.286. The van der Waals surface area contributed by atoms with Crippen molar-refractivity contribution in [3.8, 4) is 0 Å². The summed E-state index contributed by atoms with van der Waals surface area (Å²) in [5.74, 6) is -0.195. The summed E-state index contributed by atoms with van der Waals surface area (Å²) in [6.45, 7) is 3.52. The van der Waals surface area contributed by atoms with Crippen molar-refractivity contribution >= 4 is 32.7 Å². The lowest BCUT2D eigenvalue weighted by molar-refractivity contribution is 0.0924. The van der Waals surface area contributed by atoms with Crippen molar-refractivity contribution < 1.29 is 9.90 Å². The number of nitrogens with zero attached hydrogens (tertiary/aromatic N) is 1. The molecule has 0 fully saturated rings. The Morgan fingerprint density at radius 2 is 2.21 bits per heavy atom. The van der Waals surface area contributed by atoms with E-state index in [1.54, 1.807) is 13.0 Å². The van der Waals surface area contributed by atoms with E-state index in [1.165, 1.54) is 0 Å². The number of aryl methyl sites for hydroxylation is 1. The Hall–Kier alpha value is -1.46. The van der Waals surface area contributed by atoms with E-state index in [4.69, 9.17) is 5.11 Å². The molecular weight excluding hydrogens is 308 g/mol. The molecular formula is C14H15BrN2O2. The minimum Gasteiger partial charge on any atom is -0.394 e. The number of carbonyl (C=O) groups excluding carboxylic acids is 1. The average molecular weight is 323 g/mol. The van der Waals surface area contributed by atoms with Crippen LogP contribution >= 0.6 is 15.9 Å². The Morgan fingerprint density at radius 3 is 2.89 bits per heavy atom. The first-order valence-corrected chi connectivity index (χ1v) is 6.79. The molecule has 1 unspecified atom stereocenters. The van der Waals surface area contributed by atoms with Crippen molar-refractivity contribution in [2.45, 2.75) is 19.9 Å². The molecule has 1 amide bonds. The summed E-state index contributed by atoms with van der Waals surface area (Å²) >= 11 is 3.40. The number of aliphatic hydroxyl groups is 1. The van der Waals surface area contributed by atoms with E-state index in [0.717, 1.165) is 21.1 Å². The number of benzene rings is 1. The number of rotatable bonds is 3. The van der Waals surface area contributed by atoms with E-state index in [2.05, 4.69) is 26.2 Å². The van der Waals surface area contributed by atoms with Crippen molar-refractivity contribution in [1.82, 2.24) is 10.3 Å². The summed E-state index contributed by atoms with van der Waals surface area (Å²) in [6.07, 6.45) is 0. The maximum absolute atomic E-state index is 12.2. The van der Waals surface area contributed by atoms with E-state index >= 15 is 0 Å². The molecule has 4 nitrogen and oxygen atoms in total. The van der Waals surface area contributed by atoms with Crippen LogP contribution in [-0.2, 0) is 0 Å². The number of nitrogens with one attached hydrogen (secondary N) is 1. The average Bonchev–Trinajstić information content (AvgIpc) is 2.36. The molecule has 100 valence electrons. The Kier molecular flexibility index (Phi) is 4.17.